The van der Waals surface area contributed by atoms with Gasteiger partial charge in [-0.25, -0.2) is 22.5 Å². The van der Waals surface area contributed by atoms with Crippen LogP contribution in [0.1, 0.15) is 36.1 Å². The standard InChI is InChI=1S/C15H21N3O7S/c1-3-24-13(21)10-11(19)12(20)18-8-9-25-15(14(18)16-10)4-6-17(7-5-15)26(2,22)23/h19H,3-9H2,1-2H3. The Balaban J connectivity index is 2.05. The van der Waals surface area contributed by atoms with Crippen LogP contribution in [0, 0.1) is 0 Å². The molecule has 0 amide bonds. The highest BCUT2D eigenvalue weighted by Crippen LogP contribution is 2.38. The Hall–Kier alpha value is -1.98. The molecular formula is C15H21N3O7S. The van der Waals surface area contributed by atoms with Crippen molar-refractivity contribution in [3.05, 3.63) is 21.9 Å². The number of esters is 1. The summed E-state index contributed by atoms with van der Waals surface area (Å²) in [6, 6.07) is 0. The molecule has 1 N–H and O–H groups in total. The molecule has 144 valence electrons. The lowest BCUT2D eigenvalue weighted by atomic mass is 9.89. The number of ether oxygens (including phenoxy) is 2. The molecule has 1 aromatic rings. The number of aromatic nitrogens is 2. The number of fused-ring (bicyclic) bond motifs is 2. The molecule has 0 radical (unpaired) electrons. The van der Waals surface area contributed by atoms with Crippen LogP contribution in [0.4, 0.5) is 0 Å². The second kappa shape index (κ2) is 6.63. The van der Waals surface area contributed by atoms with Crippen LogP contribution in [0.3, 0.4) is 0 Å². The predicted octanol–water partition coefficient (Wildman–Crippen LogP) is -0.593. The molecule has 0 atom stereocenters. The highest BCUT2D eigenvalue weighted by molar-refractivity contribution is 7.88. The van der Waals surface area contributed by atoms with Gasteiger partial charge in [0, 0.05) is 13.1 Å². The van der Waals surface area contributed by atoms with Crippen molar-refractivity contribution in [1.82, 2.24) is 13.9 Å². The Bertz CT molecular complexity index is 885. The maximum Gasteiger partial charge on any atom is 0.361 e. The highest BCUT2D eigenvalue weighted by atomic mass is 32.2. The molecule has 3 rings (SSSR count). The van der Waals surface area contributed by atoms with Crippen molar-refractivity contribution in [2.75, 3.05) is 32.6 Å². The van der Waals surface area contributed by atoms with E-state index >= 15 is 0 Å². The summed E-state index contributed by atoms with van der Waals surface area (Å²) < 4.78 is 36.9. The first-order valence-electron chi connectivity index (χ1n) is 8.30. The van der Waals surface area contributed by atoms with E-state index in [-0.39, 0.29) is 38.7 Å². The molecule has 2 aliphatic heterocycles. The fraction of sp³-hybridized carbons (Fsp3) is 0.667. The average Bonchev–Trinajstić information content (AvgIpc) is 2.58. The first kappa shape index (κ1) is 18.8. The van der Waals surface area contributed by atoms with Crippen LogP contribution in [-0.4, -0.2) is 65.9 Å². The maximum absolute atomic E-state index is 12.5. The quantitative estimate of drug-likeness (QED) is 0.682. The fourth-order valence-electron chi connectivity index (χ4n) is 3.39. The van der Waals surface area contributed by atoms with Crippen molar-refractivity contribution in [3.8, 4) is 5.75 Å². The van der Waals surface area contributed by atoms with Gasteiger partial charge in [-0.05, 0) is 19.8 Å². The van der Waals surface area contributed by atoms with Crippen molar-refractivity contribution in [3.63, 3.8) is 0 Å². The monoisotopic (exact) mass is 387 g/mol. The zero-order valence-corrected chi connectivity index (χ0v) is 15.4. The van der Waals surface area contributed by atoms with Crippen LogP contribution in [0.2, 0.25) is 0 Å². The number of rotatable bonds is 3. The highest BCUT2D eigenvalue weighted by Gasteiger charge is 2.45. The van der Waals surface area contributed by atoms with Crippen molar-refractivity contribution in [1.29, 1.82) is 0 Å². The Kier molecular flexibility index (Phi) is 4.80. The van der Waals surface area contributed by atoms with Gasteiger partial charge in [0.2, 0.25) is 15.8 Å². The van der Waals surface area contributed by atoms with Crippen LogP contribution in [0.25, 0.3) is 0 Å². The molecule has 0 aliphatic carbocycles. The third-order valence-corrected chi connectivity index (χ3v) is 6.02. The molecule has 0 bridgehead atoms. The van der Waals surface area contributed by atoms with Crippen molar-refractivity contribution < 1.29 is 27.8 Å². The minimum absolute atomic E-state index is 0.0728. The smallest absolute Gasteiger partial charge is 0.361 e. The molecule has 26 heavy (non-hydrogen) atoms. The summed E-state index contributed by atoms with van der Waals surface area (Å²) >= 11 is 0. The van der Waals surface area contributed by atoms with Gasteiger partial charge in [-0.15, -0.1) is 0 Å². The minimum atomic E-state index is -3.33. The molecule has 1 aromatic heterocycles. The molecular weight excluding hydrogens is 366 g/mol. The van der Waals surface area contributed by atoms with Gasteiger partial charge in [0.15, 0.2) is 5.69 Å². The average molecular weight is 387 g/mol. The molecule has 1 fully saturated rings. The van der Waals surface area contributed by atoms with Crippen LogP contribution < -0.4 is 5.56 Å². The van der Waals surface area contributed by atoms with E-state index in [1.54, 1.807) is 6.92 Å². The van der Waals surface area contributed by atoms with Crippen molar-refractivity contribution >= 4 is 16.0 Å². The molecule has 11 heteroatoms. The lowest BCUT2D eigenvalue weighted by Crippen LogP contribution is -2.51. The number of carbonyl (C=O) groups excluding carboxylic acids is 1. The van der Waals surface area contributed by atoms with E-state index in [0.29, 0.717) is 12.8 Å². The first-order chi connectivity index (χ1) is 12.2. The molecule has 0 saturated carbocycles. The summed E-state index contributed by atoms with van der Waals surface area (Å²) in [7, 11) is -3.33. The topological polar surface area (TPSA) is 128 Å². The van der Waals surface area contributed by atoms with Crippen LogP contribution in [-0.2, 0) is 31.6 Å². The Labute approximate surface area is 150 Å². The summed E-state index contributed by atoms with van der Waals surface area (Å²) in [6.07, 6.45) is 1.72. The zero-order chi connectivity index (χ0) is 19.1. The summed E-state index contributed by atoms with van der Waals surface area (Å²) in [5.74, 6) is -1.42. The third-order valence-electron chi connectivity index (χ3n) is 4.71. The van der Waals surface area contributed by atoms with E-state index in [9.17, 15) is 23.1 Å². The van der Waals surface area contributed by atoms with Crippen molar-refractivity contribution in [2.45, 2.75) is 31.9 Å². The van der Waals surface area contributed by atoms with Gasteiger partial charge in [-0.3, -0.25) is 9.36 Å². The second-order valence-corrected chi connectivity index (χ2v) is 8.30. The first-order valence-corrected chi connectivity index (χ1v) is 10.1. The van der Waals surface area contributed by atoms with Crippen LogP contribution in [0.5, 0.6) is 5.75 Å². The number of aromatic hydroxyl groups is 1. The van der Waals surface area contributed by atoms with Gasteiger partial charge in [0.25, 0.3) is 5.56 Å². The number of sulfonamides is 1. The SMILES string of the molecule is CCOC(=O)c1nc2n(c(=O)c1O)CCOC21CCN(S(C)(=O)=O)CC1. The Morgan fingerprint density at radius 3 is 2.58 bits per heavy atom. The van der Waals surface area contributed by atoms with E-state index in [2.05, 4.69) is 4.98 Å². The maximum atomic E-state index is 12.5. The van der Waals surface area contributed by atoms with E-state index in [0.717, 1.165) is 6.26 Å². The van der Waals surface area contributed by atoms with Gasteiger partial charge in [0.1, 0.15) is 11.4 Å². The van der Waals surface area contributed by atoms with E-state index in [1.807, 2.05) is 0 Å². The Morgan fingerprint density at radius 1 is 1.35 bits per heavy atom. The van der Waals surface area contributed by atoms with E-state index < -0.39 is 38.6 Å². The third kappa shape index (κ3) is 3.10. The van der Waals surface area contributed by atoms with E-state index in [1.165, 1.54) is 8.87 Å². The Morgan fingerprint density at radius 2 is 2.00 bits per heavy atom. The summed E-state index contributed by atoms with van der Waals surface area (Å²) in [6.45, 7) is 2.52. The van der Waals surface area contributed by atoms with Gasteiger partial charge in [0.05, 0.1) is 26.0 Å². The minimum Gasteiger partial charge on any atom is -0.501 e. The number of piperidine rings is 1. The van der Waals surface area contributed by atoms with Gasteiger partial charge in [-0.2, -0.15) is 0 Å². The van der Waals surface area contributed by atoms with Gasteiger partial charge in [-0.1, -0.05) is 0 Å². The van der Waals surface area contributed by atoms with Crippen molar-refractivity contribution in [2.24, 2.45) is 0 Å². The van der Waals surface area contributed by atoms with E-state index in [4.69, 9.17) is 9.47 Å². The zero-order valence-electron chi connectivity index (χ0n) is 14.6. The second-order valence-electron chi connectivity index (χ2n) is 6.31. The molecule has 0 unspecified atom stereocenters. The number of nitrogens with zero attached hydrogens (tertiary/aromatic N) is 3. The lowest BCUT2D eigenvalue weighted by Gasteiger charge is -2.43. The molecule has 1 saturated heterocycles. The number of hydrogen-bond acceptors (Lipinski definition) is 8. The summed E-state index contributed by atoms with van der Waals surface area (Å²) in [5.41, 5.74) is -2.15. The lowest BCUT2D eigenvalue weighted by molar-refractivity contribution is -0.110. The van der Waals surface area contributed by atoms with Crippen LogP contribution >= 0.6 is 0 Å². The molecule has 10 nitrogen and oxygen atoms in total. The van der Waals surface area contributed by atoms with Crippen LogP contribution in [0.15, 0.2) is 4.79 Å². The number of hydrogen-bond donors (Lipinski definition) is 1. The molecule has 3 heterocycles. The molecule has 1 spiro atoms. The summed E-state index contributed by atoms with van der Waals surface area (Å²) in [5, 5.41) is 10.1. The van der Waals surface area contributed by atoms with Gasteiger partial charge >= 0.3 is 5.97 Å². The molecule has 2 aliphatic rings. The predicted molar refractivity (Wildman–Crippen MR) is 89.4 cm³/mol. The molecule has 0 aromatic carbocycles. The normalized spacial score (nSPS) is 19.9. The van der Waals surface area contributed by atoms with Gasteiger partial charge < -0.3 is 14.6 Å². The largest absolute Gasteiger partial charge is 0.501 e. The number of carbonyl (C=O) groups is 1. The summed E-state index contributed by atoms with van der Waals surface area (Å²) in [4.78, 5) is 28.7. The fourth-order valence-corrected chi connectivity index (χ4v) is 4.23.